The molecular weight excluding hydrogens is 264 g/mol. The van der Waals surface area contributed by atoms with E-state index in [0.717, 1.165) is 62.5 Å². The number of rotatable bonds is 6. The third kappa shape index (κ3) is 3.20. The monoisotopic (exact) mass is 290 g/mol. The zero-order valence-corrected chi connectivity index (χ0v) is 13.2. The molecule has 2 N–H and O–H groups in total. The SMILES string of the molecule is CCCCCCn1c(O)c2c(c(C(C)=N)c1=O)CCCC2. The van der Waals surface area contributed by atoms with Crippen molar-refractivity contribution in [3.05, 3.63) is 27.0 Å². The fourth-order valence-corrected chi connectivity index (χ4v) is 3.24. The van der Waals surface area contributed by atoms with Crippen molar-refractivity contribution in [1.82, 2.24) is 4.57 Å². The highest BCUT2D eigenvalue weighted by atomic mass is 16.3. The lowest BCUT2D eigenvalue weighted by Gasteiger charge is -2.23. The van der Waals surface area contributed by atoms with E-state index in [-0.39, 0.29) is 11.4 Å². The minimum absolute atomic E-state index is 0.149. The van der Waals surface area contributed by atoms with Crippen molar-refractivity contribution in [2.45, 2.75) is 71.8 Å². The first-order chi connectivity index (χ1) is 10.1. The van der Waals surface area contributed by atoms with Crippen LogP contribution in [0.2, 0.25) is 0 Å². The first-order valence-electron chi connectivity index (χ1n) is 8.11. The molecule has 21 heavy (non-hydrogen) atoms. The molecule has 1 aliphatic rings. The summed E-state index contributed by atoms with van der Waals surface area (Å²) in [5.41, 5.74) is 2.48. The van der Waals surface area contributed by atoms with E-state index < -0.39 is 0 Å². The van der Waals surface area contributed by atoms with Crippen LogP contribution in [-0.2, 0) is 19.4 Å². The number of fused-ring (bicyclic) bond motifs is 1. The molecular formula is C17H26N2O2. The van der Waals surface area contributed by atoms with Crippen LogP contribution >= 0.6 is 0 Å². The van der Waals surface area contributed by atoms with Crippen LogP contribution in [0.1, 0.15) is 69.1 Å². The van der Waals surface area contributed by atoms with Crippen molar-refractivity contribution >= 4 is 5.71 Å². The molecule has 0 atom stereocenters. The molecule has 116 valence electrons. The molecule has 0 bridgehead atoms. The number of nitrogens with one attached hydrogen (secondary N) is 1. The molecule has 4 nitrogen and oxygen atoms in total. The predicted molar refractivity (Wildman–Crippen MR) is 85.7 cm³/mol. The Morgan fingerprint density at radius 2 is 1.86 bits per heavy atom. The van der Waals surface area contributed by atoms with Gasteiger partial charge in [0, 0.05) is 17.8 Å². The van der Waals surface area contributed by atoms with Gasteiger partial charge in [0.05, 0.1) is 5.56 Å². The van der Waals surface area contributed by atoms with Crippen LogP contribution < -0.4 is 5.56 Å². The van der Waals surface area contributed by atoms with E-state index >= 15 is 0 Å². The van der Waals surface area contributed by atoms with Crippen molar-refractivity contribution in [2.24, 2.45) is 0 Å². The number of nitrogens with zero attached hydrogens (tertiary/aromatic N) is 1. The average Bonchev–Trinajstić information content (AvgIpc) is 2.46. The van der Waals surface area contributed by atoms with E-state index in [1.54, 1.807) is 6.92 Å². The van der Waals surface area contributed by atoms with E-state index in [1.807, 2.05) is 0 Å². The molecule has 0 unspecified atom stereocenters. The second-order valence-corrected chi connectivity index (χ2v) is 6.01. The minimum atomic E-state index is -0.183. The lowest BCUT2D eigenvalue weighted by molar-refractivity contribution is 0.387. The van der Waals surface area contributed by atoms with Gasteiger partial charge in [-0.05, 0) is 44.6 Å². The minimum Gasteiger partial charge on any atom is -0.494 e. The fourth-order valence-electron chi connectivity index (χ4n) is 3.24. The van der Waals surface area contributed by atoms with Crippen LogP contribution in [0, 0.1) is 5.41 Å². The molecule has 0 radical (unpaired) electrons. The van der Waals surface area contributed by atoms with Crippen molar-refractivity contribution in [1.29, 1.82) is 5.41 Å². The van der Waals surface area contributed by atoms with Gasteiger partial charge in [-0.2, -0.15) is 0 Å². The van der Waals surface area contributed by atoms with Crippen LogP contribution in [0.3, 0.4) is 0 Å². The maximum Gasteiger partial charge on any atom is 0.262 e. The van der Waals surface area contributed by atoms with Crippen molar-refractivity contribution in [3.63, 3.8) is 0 Å². The summed E-state index contributed by atoms with van der Waals surface area (Å²) in [4.78, 5) is 12.6. The van der Waals surface area contributed by atoms with E-state index in [0.29, 0.717) is 17.8 Å². The van der Waals surface area contributed by atoms with Crippen LogP contribution in [0.5, 0.6) is 5.88 Å². The summed E-state index contributed by atoms with van der Waals surface area (Å²) >= 11 is 0. The smallest absolute Gasteiger partial charge is 0.262 e. The quantitative estimate of drug-likeness (QED) is 0.623. The lowest BCUT2D eigenvalue weighted by Crippen LogP contribution is -2.30. The van der Waals surface area contributed by atoms with Gasteiger partial charge in [-0.3, -0.25) is 9.36 Å². The largest absolute Gasteiger partial charge is 0.494 e. The maximum absolute atomic E-state index is 12.6. The average molecular weight is 290 g/mol. The number of unbranched alkanes of at least 4 members (excludes halogenated alkanes) is 3. The van der Waals surface area contributed by atoms with Gasteiger partial charge in [-0.15, -0.1) is 0 Å². The van der Waals surface area contributed by atoms with Crippen molar-refractivity contribution in [2.75, 3.05) is 0 Å². The summed E-state index contributed by atoms with van der Waals surface area (Å²) in [5.74, 6) is 0.149. The van der Waals surface area contributed by atoms with Crippen LogP contribution in [0.4, 0.5) is 0 Å². The number of aromatic nitrogens is 1. The molecule has 1 aliphatic carbocycles. The zero-order valence-electron chi connectivity index (χ0n) is 13.2. The van der Waals surface area contributed by atoms with Crippen molar-refractivity contribution in [3.8, 4) is 5.88 Å². The predicted octanol–water partition coefficient (Wildman–Crippen LogP) is 3.40. The molecule has 4 heteroatoms. The lowest BCUT2D eigenvalue weighted by atomic mass is 9.88. The van der Waals surface area contributed by atoms with E-state index in [9.17, 15) is 9.90 Å². The van der Waals surface area contributed by atoms with Gasteiger partial charge in [0.1, 0.15) is 0 Å². The van der Waals surface area contributed by atoms with Gasteiger partial charge in [0.2, 0.25) is 0 Å². The van der Waals surface area contributed by atoms with Gasteiger partial charge in [-0.1, -0.05) is 26.2 Å². The molecule has 1 aromatic heterocycles. The Bertz CT molecular complexity index is 587. The van der Waals surface area contributed by atoms with Gasteiger partial charge in [0.25, 0.3) is 5.56 Å². The van der Waals surface area contributed by atoms with Crippen LogP contribution in [-0.4, -0.2) is 15.4 Å². The molecule has 1 aromatic rings. The topological polar surface area (TPSA) is 66.1 Å². The zero-order chi connectivity index (χ0) is 15.4. The Morgan fingerprint density at radius 3 is 2.48 bits per heavy atom. The third-order valence-corrected chi connectivity index (χ3v) is 4.36. The normalized spacial score (nSPS) is 14.0. The van der Waals surface area contributed by atoms with E-state index in [4.69, 9.17) is 5.41 Å². The molecule has 0 aromatic carbocycles. The van der Waals surface area contributed by atoms with E-state index in [1.165, 1.54) is 4.57 Å². The van der Waals surface area contributed by atoms with Crippen LogP contribution in [0.25, 0.3) is 0 Å². The molecule has 0 aliphatic heterocycles. The third-order valence-electron chi connectivity index (χ3n) is 4.36. The Labute approximate surface area is 126 Å². The number of hydrogen-bond acceptors (Lipinski definition) is 3. The van der Waals surface area contributed by atoms with Gasteiger partial charge >= 0.3 is 0 Å². The highest BCUT2D eigenvalue weighted by Crippen LogP contribution is 2.30. The van der Waals surface area contributed by atoms with Crippen LogP contribution in [0.15, 0.2) is 4.79 Å². The Balaban J connectivity index is 2.43. The highest BCUT2D eigenvalue weighted by molar-refractivity contribution is 5.97. The molecule has 0 amide bonds. The highest BCUT2D eigenvalue weighted by Gasteiger charge is 2.24. The molecule has 1 heterocycles. The summed E-state index contributed by atoms with van der Waals surface area (Å²) in [5, 5.41) is 18.4. The summed E-state index contributed by atoms with van der Waals surface area (Å²) in [7, 11) is 0. The van der Waals surface area contributed by atoms with Crippen molar-refractivity contribution < 1.29 is 5.11 Å². The molecule has 0 saturated carbocycles. The van der Waals surface area contributed by atoms with Gasteiger partial charge < -0.3 is 10.5 Å². The van der Waals surface area contributed by atoms with E-state index in [2.05, 4.69) is 6.92 Å². The van der Waals surface area contributed by atoms with Gasteiger partial charge in [-0.25, -0.2) is 0 Å². The number of hydrogen-bond donors (Lipinski definition) is 2. The molecule has 0 fully saturated rings. The number of pyridine rings is 1. The molecule has 0 spiro atoms. The Kier molecular flexibility index (Phi) is 5.21. The maximum atomic E-state index is 12.6. The first-order valence-corrected chi connectivity index (χ1v) is 8.11. The fraction of sp³-hybridized carbons (Fsp3) is 0.647. The molecule has 0 saturated heterocycles. The first kappa shape index (κ1) is 15.8. The number of aromatic hydroxyl groups is 1. The summed E-state index contributed by atoms with van der Waals surface area (Å²) < 4.78 is 1.49. The second-order valence-electron chi connectivity index (χ2n) is 6.01. The molecule has 2 rings (SSSR count). The van der Waals surface area contributed by atoms with Gasteiger partial charge in [0.15, 0.2) is 5.88 Å². The Hall–Kier alpha value is -1.58. The standard InChI is InChI=1S/C17H26N2O2/c1-3-4-5-8-11-19-16(20)14-10-7-6-9-13(14)15(12(2)18)17(19)21/h18,20H,3-11H2,1-2H3. The Morgan fingerprint density at radius 1 is 1.19 bits per heavy atom. The second kappa shape index (κ2) is 6.92. The summed E-state index contributed by atoms with van der Waals surface area (Å²) in [6.45, 7) is 4.38. The summed E-state index contributed by atoms with van der Waals surface area (Å²) in [6.07, 6.45) is 7.97. The summed E-state index contributed by atoms with van der Waals surface area (Å²) in [6, 6.07) is 0.